The van der Waals surface area contributed by atoms with Gasteiger partial charge in [-0.05, 0) is 44.5 Å². The average Bonchev–Trinajstić information content (AvgIpc) is 2.83. The van der Waals surface area contributed by atoms with Crippen LogP contribution in [-0.4, -0.2) is 30.0 Å². The third-order valence-electron chi connectivity index (χ3n) is 3.64. The maximum Gasteiger partial charge on any atom is 0.339 e. The number of ketones is 1. The van der Waals surface area contributed by atoms with E-state index in [1.807, 2.05) is 0 Å². The van der Waals surface area contributed by atoms with E-state index < -0.39 is 17.9 Å². The van der Waals surface area contributed by atoms with Crippen LogP contribution in [0.1, 0.15) is 39.0 Å². The molecular formula is C17H17BrFNO4. The molecule has 24 heavy (non-hydrogen) atoms. The normalized spacial score (nSPS) is 11.9. The molecule has 5 nitrogen and oxygen atoms in total. The van der Waals surface area contributed by atoms with Crippen molar-refractivity contribution in [2.75, 3.05) is 7.11 Å². The van der Waals surface area contributed by atoms with Gasteiger partial charge < -0.3 is 14.5 Å². The number of aryl methyl sites for hydroxylation is 1. The summed E-state index contributed by atoms with van der Waals surface area (Å²) in [5.74, 6) is -1.49. The molecule has 128 valence electrons. The lowest BCUT2D eigenvalue weighted by Crippen LogP contribution is -2.25. The van der Waals surface area contributed by atoms with E-state index >= 15 is 0 Å². The summed E-state index contributed by atoms with van der Waals surface area (Å²) >= 11 is 3.16. The zero-order valence-corrected chi connectivity index (χ0v) is 15.3. The van der Waals surface area contributed by atoms with Gasteiger partial charge in [0.25, 0.3) is 0 Å². The number of ether oxygens (including phenoxy) is 2. The zero-order valence-electron chi connectivity index (χ0n) is 13.7. The SMILES string of the molecule is COC(=O)c1c(C)[nH]c(C(=O)[C@@H](C)Oc2ccc(Br)cc2F)c1C. The molecule has 0 radical (unpaired) electrons. The predicted octanol–water partition coefficient (Wildman–Crippen LogP) is 3.97. The second kappa shape index (κ2) is 7.17. The summed E-state index contributed by atoms with van der Waals surface area (Å²) in [6.45, 7) is 4.85. The summed E-state index contributed by atoms with van der Waals surface area (Å²) in [5, 5.41) is 0. The summed E-state index contributed by atoms with van der Waals surface area (Å²) in [6, 6.07) is 4.32. The number of nitrogens with one attached hydrogen (secondary N) is 1. The van der Waals surface area contributed by atoms with Gasteiger partial charge in [0.05, 0.1) is 18.4 Å². The van der Waals surface area contributed by atoms with E-state index in [9.17, 15) is 14.0 Å². The number of hydrogen-bond acceptors (Lipinski definition) is 4. The molecule has 2 aromatic rings. The highest BCUT2D eigenvalue weighted by molar-refractivity contribution is 9.10. The monoisotopic (exact) mass is 397 g/mol. The molecule has 0 amide bonds. The Morgan fingerprint density at radius 3 is 2.54 bits per heavy atom. The van der Waals surface area contributed by atoms with Crippen LogP contribution in [0.2, 0.25) is 0 Å². The Morgan fingerprint density at radius 1 is 1.29 bits per heavy atom. The standard InChI is InChI=1S/C17H17BrFNO4/c1-8-14(17(22)23-4)9(2)20-15(8)16(21)10(3)24-13-6-5-11(18)7-12(13)19/h5-7,10,20H,1-4H3/t10-/m1/s1. The van der Waals surface area contributed by atoms with Crippen LogP contribution < -0.4 is 4.74 Å². The number of H-pyrrole nitrogens is 1. The predicted molar refractivity (Wildman–Crippen MR) is 90.1 cm³/mol. The number of Topliss-reactive ketones (excluding diaryl/α,β-unsaturated/α-hetero) is 1. The summed E-state index contributed by atoms with van der Waals surface area (Å²) in [7, 11) is 1.28. The number of benzene rings is 1. The van der Waals surface area contributed by atoms with Crippen LogP contribution in [0.25, 0.3) is 0 Å². The van der Waals surface area contributed by atoms with Gasteiger partial charge in [0, 0.05) is 10.2 Å². The van der Waals surface area contributed by atoms with E-state index in [1.54, 1.807) is 19.9 Å². The molecule has 0 aliphatic carbocycles. The van der Waals surface area contributed by atoms with Gasteiger partial charge >= 0.3 is 5.97 Å². The first kappa shape index (κ1) is 18.2. The van der Waals surface area contributed by atoms with E-state index in [4.69, 9.17) is 9.47 Å². The van der Waals surface area contributed by atoms with Gasteiger partial charge in [0.2, 0.25) is 5.78 Å². The van der Waals surface area contributed by atoms with Crippen LogP contribution in [0.15, 0.2) is 22.7 Å². The molecule has 7 heteroatoms. The van der Waals surface area contributed by atoms with Crippen LogP contribution in [-0.2, 0) is 4.74 Å². The Kier molecular flexibility index (Phi) is 5.43. The number of halogens is 2. The Morgan fingerprint density at radius 2 is 1.96 bits per heavy atom. The fourth-order valence-corrected chi connectivity index (χ4v) is 2.76. The van der Waals surface area contributed by atoms with Crippen LogP contribution in [0.3, 0.4) is 0 Å². The molecule has 0 unspecified atom stereocenters. The lowest BCUT2D eigenvalue weighted by atomic mass is 10.1. The Hall–Kier alpha value is -2.15. The Bertz CT molecular complexity index is 800. The lowest BCUT2D eigenvalue weighted by Gasteiger charge is -2.14. The van der Waals surface area contributed by atoms with Gasteiger partial charge in [-0.3, -0.25) is 4.79 Å². The van der Waals surface area contributed by atoms with E-state index in [0.29, 0.717) is 21.3 Å². The molecule has 1 N–H and O–H groups in total. The summed E-state index contributed by atoms with van der Waals surface area (Å²) in [6.07, 6.45) is -0.928. The van der Waals surface area contributed by atoms with Crippen molar-refractivity contribution in [3.05, 3.63) is 51.0 Å². The molecule has 0 spiro atoms. The number of carbonyl (C=O) groups is 2. The number of aromatic amines is 1. The third-order valence-corrected chi connectivity index (χ3v) is 4.13. The third kappa shape index (κ3) is 3.51. The van der Waals surface area contributed by atoms with Crippen molar-refractivity contribution in [1.82, 2.24) is 4.98 Å². The highest BCUT2D eigenvalue weighted by Gasteiger charge is 2.26. The minimum atomic E-state index is -0.928. The maximum absolute atomic E-state index is 13.8. The van der Waals surface area contributed by atoms with Gasteiger partial charge in [-0.1, -0.05) is 15.9 Å². The second-order valence-electron chi connectivity index (χ2n) is 5.32. The number of rotatable bonds is 5. The highest BCUT2D eigenvalue weighted by Crippen LogP contribution is 2.25. The smallest absolute Gasteiger partial charge is 0.339 e. The molecule has 1 aromatic carbocycles. The minimum Gasteiger partial charge on any atom is -0.479 e. The molecule has 1 aromatic heterocycles. The van der Waals surface area contributed by atoms with E-state index in [2.05, 4.69) is 20.9 Å². The molecule has 0 fully saturated rings. The van der Waals surface area contributed by atoms with Gasteiger partial charge in [-0.25, -0.2) is 9.18 Å². The van der Waals surface area contributed by atoms with Crippen molar-refractivity contribution in [3.8, 4) is 5.75 Å². The first-order valence-electron chi connectivity index (χ1n) is 7.19. The van der Waals surface area contributed by atoms with Crippen LogP contribution in [0.4, 0.5) is 4.39 Å². The summed E-state index contributed by atoms with van der Waals surface area (Å²) in [4.78, 5) is 27.3. The molecule has 0 saturated carbocycles. The quantitative estimate of drug-likeness (QED) is 0.612. The first-order valence-corrected chi connectivity index (χ1v) is 7.99. The molecular weight excluding hydrogens is 381 g/mol. The van der Waals surface area contributed by atoms with Crippen molar-refractivity contribution in [3.63, 3.8) is 0 Å². The van der Waals surface area contributed by atoms with Gasteiger partial charge in [-0.15, -0.1) is 0 Å². The van der Waals surface area contributed by atoms with Gasteiger partial charge in [0.15, 0.2) is 17.7 Å². The maximum atomic E-state index is 13.8. The molecule has 0 aliphatic heterocycles. The fourth-order valence-electron chi connectivity index (χ4n) is 2.42. The molecule has 0 bridgehead atoms. The van der Waals surface area contributed by atoms with Crippen molar-refractivity contribution in [2.45, 2.75) is 26.9 Å². The zero-order chi connectivity index (χ0) is 18.0. The van der Waals surface area contributed by atoms with Gasteiger partial charge in [-0.2, -0.15) is 0 Å². The Labute approximate surface area is 147 Å². The van der Waals surface area contributed by atoms with Crippen molar-refractivity contribution < 1.29 is 23.5 Å². The minimum absolute atomic E-state index is 0.0202. The first-order chi connectivity index (χ1) is 11.3. The molecule has 2 rings (SSSR count). The number of hydrogen-bond donors (Lipinski definition) is 1. The van der Waals surface area contributed by atoms with Gasteiger partial charge in [0.1, 0.15) is 0 Å². The molecule has 0 saturated heterocycles. The van der Waals surface area contributed by atoms with Crippen molar-refractivity contribution >= 4 is 27.7 Å². The summed E-state index contributed by atoms with van der Waals surface area (Å²) < 4.78 is 24.6. The average molecular weight is 398 g/mol. The largest absolute Gasteiger partial charge is 0.479 e. The molecule has 1 heterocycles. The molecule has 0 aliphatic rings. The number of methoxy groups -OCH3 is 1. The van der Waals surface area contributed by atoms with E-state index in [1.165, 1.54) is 26.2 Å². The topological polar surface area (TPSA) is 68.4 Å². The number of carbonyl (C=O) groups excluding carboxylic acids is 2. The Balaban J connectivity index is 2.27. The van der Waals surface area contributed by atoms with Crippen LogP contribution in [0.5, 0.6) is 5.75 Å². The van der Waals surface area contributed by atoms with Crippen molar-refractivity contribution in [2.24, 2.45) is 0 Å². The fraction of sp³-hybridized carbons (Fsp3) is 0.294. The second-order valence-corrected chi connectivity index (χ2v) is 6.23. The number of aromatic nitrogens is 1. The van der Waals surface area contributed by atoms with Crippen LogP contribution in [0, 0.1) is 19.7 Å². The van der Waals surface area contributed by atoms with Crippen LogP contribution >= 0.6 is 15.9 Å². The number of esters is 1. The van der Waals surface area contributed by atoms with E-state index in [-0.39, 0.29) is 17.2 Å². The lowest BCUT2D eigenvalue weighted by molar-refractivity contribution is 0.0599. The highest BCUT2D eigenvalue weighted by atomic mass is 79.9. The molecule has 1 atom stereocenters. The van der Waals surface area contributed by atoms with Crippen molar-refractivity contribution in [1.29, 1.82) is 0 Å². The summed E-state index contributed by atoms with van der Waals surface area (Å²) in [5.41, 5.74) is 1.58. The van der Waals surface area contributed by atoms with E-state index in [0.717, 1.165) is 0 Å².